The Morgan fingerprint density at radius 2 is 1.00 bits per heavy atom. The summed E-state index contributed by atoms with van der Waals surface area (Å²) in [6.07, 6.45) is -0.487. The zero-order valence-corrected chi connectivity index (χ0v) is 12.6. The number of carboxylic acid groups (broad SMARTS) is 4. The van der Waals surface area contributed by atoms with Crippen LogP contribution in [0.5, 0.6) is 0 Å². The summed E-state index contributed by atoms with van der Waals surface area (Å²) in [7, 11) is 0. The Balaban J connectivity index is 0. The van der Waals surface area contributed by atoms with Crippen LogP contribution in [-0.4, -0.2) is 44.3 Å². The molecule has 0 aliphatic heterocycles. The van der Waals surface area contributed by atoms with E-state index in [1.54, 1.807) is 0 Å². The molecule has 0 bridgehead atoms. The quantitative estimate of drug-likeness (QED) is 0.386. The summed E-state index contributed by atoms with van der Waals surface area (Å²) in [5, 5.41) is 35.2. The number of carbonyl (C=O) groups is 4. The largest absolute Gasteiger partial charge is 1.00 e. The van der Waals surface area contributed by atoms with E-state index >= 15 is 0 Å². The minimum atomic E-state index is -1.72. The third kappa shape index (κ3) is 3.29. The molecule has 0 aromatic carbocycles. The third-order valence-corrected chi connectivity index (χ3v) is 2.97. The fourth-order valence-corrected chi connectivity index (χ4v) is 2.23. The standard InChI is InChI=1S/C9H10O8.K.H/c10-6(11)2-1-3(7(12)13)5(9(16)17)4(2)8(14)15;;/h2-5H,1H2,(H,10,11)(H,12,13)(H,14,15)(H,16,17);;/q;+1;-1. The van der Waals surface area contributed by atoms with E-state index in [0.29, 0.717) is 0 Å². The fraction of sp³-hybridized carbons (Fsp3) is 0.556. The summed E-state index contributed by atoms with van der Waals surface area (Å²) in [5.74, 6) is -12.6. The summed E-state index contributed by atoms with van der Waals surface area (Å²) >= 11 is 0. The van der Waals surface area contributed by atoms with Crippen molar-refractivity contribution < 1.29 is 92.4 Å². The van der Waals surface area contributed by atoms with Gasteiger partial charge in [-0.3, -0.25) is 19.2 Å². The van der Waals surface area contributed by atoms with Crippen molar-refractivity contribution in [3.05, 3.63) is 0 Å². The van der Waals surface area contributed by atoms with E-state index in [1.165, 1.54) is 0 Å². The van der Waals surface area contributed by atoms with Crippen LogP contribution in [0.4, 0.5) is 0 Å². The van der Waals surface area contributed by atoms with Crippen molar-refractivity contribution in [3.8, 4) is 0 Å². The summed E-state index contributed by atoms with van der Waals surface area (Å²) in [6, 6.07) is 0. The van der Waals surface area contributed by atoms with Crippen LogP contribution in [0.25, 0.3) is 0 Å². The van der Waals surface area contributed by atoms with Gasteiger partial charge in [-0.2, -0.15) is 0 Å². The van der Waals surface area contributed by atoms with Gasteiger partial charge < -0.3 is 21.9 Å². The van der Waals surface area contributed by atoms with Crippen LogP contribution < -0.4 is 51.4 Å². The molecule has 0 spiro atoms. The van der Waals surface area contributed by atoms with Gasteiger partial charge in [-0.15, -0.1) is 0 Å². The first kappa shape index (κ1) is 17.5. The number of rotatable bonds is 4. The number of carboxylic acids is 4. The topological polar surface area (TPSA) is 149 Å². The Bertz CT molecular complexity index is 362. The first-order valence-electron chi connectivity index (χ1n) is 4.68. The monoisotopic (exact) mass is 286 g/mol. The predicted octanol–water partition coefficient (Wildman–Crippen LogP) is -3.69. The van der Waals surface area contributed by atoms with E-state index in [-0.39, 0.29) is 52.8 Å². The first-order chi connectivity index (χ1) is 7.77. The molecule has 0 aromatic heterocycles. The first-order valence-corrected chi connectivity index (χ1v) is 4.68. The molecule has 0 saturated heterocycles. The van der Waals surface area contributed by atoms with Crippen LogP contribution >= 0.6 is 0 Å². The Labute approximate surface area is 145 Å². The van der Waals surface area contributed by atoms with Gasteiger partial charge in [-0.1, -0.05) is 0 Å². The van der Waals surface area contributed by atoms with E-state index in [4.69, 9.17) is 20.4 Å². The van der Waals surface area contributed by atoms with Crippen LogP contribution in [0.1, 0.15) is 7.85 Å². The molecule has 18 heavy (non-hydrogen) atoms. The van der Waals surface area contributed by atoms with E-state index in [1.807, 2.05) is 0 Å². The minimum absolute atomic E-state index is 0. The molecule has 0 heterocycles. The van der Waals surface area contributed by atoms with Crippen molar-refractivity contribution in [2.24, 2.45) is 23.7 Å². The van der Waals surface area contributed by atoms with Crippen molar-refractivity contribution in [1.29, 1.82) is 0 Å². The van der Waals surface area contributed by atoms with Gasteiger partial charge >= 0.3 is 75.3 Å². The van der Waals surface area contributed by atoms with Crippen molar-refractivity contribution in [1.82, 2.24) is 0 Å². The molecular formula is C9H11KO8. The molecule has 9 heteroatoms. The van der Waals surface area contributed by atoms with Gasteiger partial charge in [0.05, 0.1) is 23.7 Å². The summed E-state index contributed by atoms with van der Waals surface area (Å²) in [6.45, 7) is 0. The van der Waals surface area contributed by atoms with Crippen LogP contribution in [0.3, 0.4) is 0 Å². The summed E-state index contributed by atoms with van der Waals surface area (Å²) in [5.41, 5.74) is 0. The Morgan fingerprint density at radius 1 is 0.722 bits per heavy atom. The molecule has 0 aromatic rings. The van der Waals surface area contributed by atoms with Crippen molar-refractivity contribution in [2.75, 3.05) is 0 Å². The van der Waals surface area contributed by atoms with Gasteiger partial charge in [0.2, 0.25) is 0 Å². The zero-order chi connectivity index (χ0) is 13.3. The molecule has 4 N–H and O–H groups in total. The molecule has 96 valence electrons. The molecule has 4 unspecified atom stereocenters. The molecule has 0 radical (unpaired) electrons. The van der Waals surface area contributed by atoms with Crippen molar-refractivity contribution in [3.63, 3.8) is 0 Å². The molecule has 1 rings (SSSR count). The second-order valence-corrected chi connectivity index (χ2v) is 3.85. The van der Waals surface area contributed by atoms with Crippen LogP contribution in [0, 0.1) is 23.7 Å². The maximum Gasteiger partial charge on any atom is 1.00 e. The van der Waals surface area contributed by atoms with Gasteiger partial charge in [-0.05, 0) is 6.42 Å². The molecule has 1 saturated carbocycles. The van der Waals surface area contributed by atoms with Gasteiger partial charge in [0.1, 0.15) is 0 Å². The average molecular weight is 286 g/mol. The number of hydrogen-bond acceptors (Lipinski definition) is 4. The second-order valence-electron chi connectivity index (χ2n) is 3.85. The van der Waals surface area contributed by atoms with E-state index in [0.717, 1.165) is 0 Å². The van der Waals surface area contributed by atoms with Crippen LogP contribution in [0.15, 0.2) is 0 Å². The Hall–Kier alpha value is -0.484. The molecule has 1 aliphatic rings. The van der Waals surface area contributed by atoms with E-state index < -0.39 is 54.0 Å². The smallest absolute Gasteiger partial charge is 1.00 e. The molecule has 1 fully saturated rings. The molecule has 0 amide bonds. The maximum absolute atomic E-state index is 10.9. The number of aliphatic carboxylic acids is 4. The van der Waals surface area contributed by atoms with Gasteiger partial charge in [0.15, 0.2) is 0 Å². The summed E-state index contributed by atoms with van der Waals surface area (Å²) < 4.78 is 0. The SMILES string of the molecule is O=C(O)C1CC(C(=O)O)C(C(=O)O)C1C(=O)O.[H-].[K+]. The average Bonchev–Trinajstić information content (AvgIpc) is 2.56. The normalized spacial score (nSPS) is 30.2. The van der Waals surface area contributed by atoms with Crippen LogP contribution in [0.2, 0.25) is 0 Å². The van der Waals surface area contributed by atoms with Crippen molar-refractivity contribution in [2.45, 2.75) is 6.42 Å². The summed E-state index contributed by atoms with van der Waals surface area (Å²) in [4.78, 5) is 43.4. The number of hydrogen-bond donors (Lipinski definition) is 4. The molecule has 8 nitrogen and oxygen atoms in total. The van der Waals surface area contributed by atoms with Crippen LogP contribution in [-0.2, 0) is 19.2 Å². The van der Waals surface area contributed by atoms with Crippen molar-refractivity contribution >= 4 is 23.9 Å². The second kappa shape index (κ2) is 6.62. The zero-order valence-electron chi connectivity index (χ0n) is 10.4. The Morgan fingerprint density at radius 3 is 1.17 bits per heavy atom. The fourth-order valence-electron chi connectivity index (χ4n) is 2.23. The van der Waals surface area contributed by atoms with Gasteiger partial charge in [0.25, 0.3) is 0 Å². The molecule has 1 aliphatic carbocycles. The third-order valence-electron chi connectivity index (χ3n) is 2.97. The maximum atomic E-state index is 10.9. The predicted molar refractivity (Wildman–Crippen MR) is 50.2 cm³/mol. The van der Waals surface area contributed by atoms with Gasteiger partial charge in [-0.25, -0.2) is 0 Å². The van der Waals surface area contributed by atoms with E-state index in [9.17, 15) is 19.2 Å². The molecular weight excluding hydrogens is 275 g/mol. The molecule has 4 atom stereocenters. The van der Waals surface area contributed by atoms with Gasteiger partial charge in [0, 0.05) is 0 Å². The Kier molecular flexibility index (Phi) is 6.44. The van der Waals surface area contributed by atoms with E-state index in [2.05, 4.69) is 0 Å². The minimum Gasteiger partial charge on any atom is -1.00 e.